The third kappa shape index (κ3) is 3.84. The quantitative estimate of drug-likeness (QED) is 0.733. The number of nitrogens with one attached hydrogen (secondary N) is 2. The first kappa shape index (κ1) is 17.3. The van der Waals surface area contributed by atoms with E-state index < -0.39 is 0 Å². The largest absolute Gasteiger partial charge is 0.340 e. The minimum Gasteiger partial charge on any atom is -0.340 e. The van der Waals surface area contributed by atoms with Gasteiger partial charge in [-0.25, -0.2) is 14.8 Å². The first-order chi connectivity index (χ1) is 13.2. The van der Waals surface area contributed by atoms with Gasteiger partial charge in [-0.15, -0.1) is 0 Å². The number of benzene rings is 2. The Morgan fingerprint density at radius 3 is 2.74 bits per heavy atom. The zero-order valence-corrected chi connectivity index (χ0v) is 15.4. The van der Waals surface area contributed by atoms with Gasteiger partial charge in [0.15, 0.2) is 0 Å². The fourth-order valence-electron chi connectivity index (χ4n) is 3.33. The number of nitrogens with zero attached hydrogens (tertiary/aromatic N) is 3. The van der Waals surface area contributed by atoms with Crippen LogP contribution in [-0.4, -0.2) is 42.2 Å². The molecule has 2 heterocycles. The van der Waals surface area contributed by atoms with Crippen molar-refractivity contribution in [3.05, 3.63) is 54.7 Å². The van der Waals surface area contributed by atoms with Gasteiger partial charge < -0.3 is 15.5 Å². The molecule has 6 heteroatoms. The van der Waals surface area contributed by atoms with Gasteiger partial charge in [-0.1, -0.05) is 36.4 Å². The van der Waals surface area contributed by atoms with Crippen LogP contribution in [0.25, 0.3) is 22.0 Å². The molecule has 6 nitrogen and oxygen atoms in total. The lowest BCUT2D eigenvalue weighted by atomic mass is 10.0. The minimum absolute atomic E-state index is 0.106. The van der Waals surface area contributed by atoms with Crippen LogP contribution in [0.2, 0.25) is 0 Å². The smallest absolute Gasteiger partial charge is 0.314 e. The van der Waals surface area contributed by atoms with Crippen LogP contribution in [0, 0.1) is 5.92 Å². The van der Waals surface area contributed by atoms with Gasteiger partial charge in [-0.05, 0) is 29.8 Å². The van der Waals surface area contributed by atoms with Crippen molar-refractivity contribution in [1.82, 2.24) is 20.6 Å². The summed E-state index contributed by atoms with van der Waals surface area (Å²) in [4.78, 5) is 22.8. The number of carbonyl (C=O) groups excluding carboxylic acids is 1. The van der Waals surface area contributed by atoms with Crippen LogP contribution in [0.3, 0.4) is 0 Å². The molecule has 3 aromatic rings. The summed E-state index contributed by atoms with van der Waals surface area (Å²) in [5.41, 5.74) is 2.02. The molecule has 0 saturated carbocycles. The average molecular weight is 361 g/mol. The van der Waals surface area contributed by atoms with Gasteiger partial charge in [0, 0.05) is 43.9 Å². The Morgan fingerprint density at radius 1 is 1.11 bits per heavy atom. The number of hydrogen-bond acceptors (Lipinski definition) is 4. The van der Waals surface area contributed by atoms with Gasteiger partial charge in [-0.3, -0.25) is 0 Å². The number of fused-ring (bicyclic) bond motifs is 1. The number of rotatable bonds is 5. The van der Waals surface area contributed by atoms with E-state index in [4.69, 9.17) is 4.98 Å². The molecule has 2 amide bonds. The highest BCUT2D eigenvalue weighted by Gasteiger charge is 2.29. The number of carbonyl (C=O) groups is 1. The minimum atomic E-state index is -0.106. The topological polar surface area (TPSA) is 70.2 Å². The van der Waals surface area contributed by atoms with Crippen molar-refractivity contribution in [2.45, 2.75) is 6.92 Å². The van der Waals surface area contributed by atoms with Gasteiger partial charge in [0.05, 0.1) is 5.69 Å². The summed E-state index contributed by atoms with van der Waals surface area (Å²) in [5.74, 6) is 1.18. The summed E-state index contributed by atoms with van der Waals surface area (Å²) in [6.45, 7) is 4.93. The summed E-state index contributed by atoms with van der Waals surface area (Å²) in [5, 5.41) is 8.06. The molecule has 1 aliphatic heterocycles. The third-order valence-corrected chi connectivity index (χ3v) is 4.82. The maximum atomic E-state index is 11.5. The average Bonchev–Trinajstić information content (AvgIpc) is 2.67. The van der Waals surface area contributed by atoms with E-state index in [0.717, 1.165) is 30.3 Å². The third-order valence-electron chi connectivity index (χ3n) is 4.82. The Hall–Kier alpha value is -3.15. The Labute approximate surface area is 158 Å². The Bertz CT molecular complexity index is 952. The van der Waals surface area contributed by atoms with Gasteiger partial charge in [-0.2, -0.15) is 0 Å². The molecule has 4 rings (SSSR count). The normalized spacial score (nSPS) is 14.0. The molecule has 0 radical (unpaired) electrons. The second-order valence-corrected chi connectivity index (χ2v) is 6.82. The van der Waals surface area contributed by atoms with Crippen LogP contribution >= 0.6 is 0 Å². The van der Waals surface area contributed by atoms with Crippen LogP contribution in [0.15, 0.2) is 54.7 Å². The van der Waals surface area contributed by atoms with Gasteiger partial charge in [0.2, 0.25) is 5.95 Å². The van der Waals surface area contributed by atoms with Crippen LogP contribution in [0.5, 0.6) is 0 Å². The fraction of sp³-hybridized carbons (Fsp3) is 0.286. The fourth-order valence-corrected chi connectivity index (χ4v) is 3.33. The monoisotopic (exact) mass is 361 g/mol. The van der Waals surface area contributed by atoms with Crippen molar-refractivity contribution < 1.29 is 4.79 Å². The van der Waals surface area contributed by atoms with E-state index in [-0.39, 0.29) is 6.03 Å². The summed E-state index contributed by atoms with van der Waals surface area (Å²) in [6.07, 6.45) is 1.81. The zero-order valence-electron chi connectivity index (χ0n) is 15.4. The molecule has 2 aromatic carbocycles. The van der Waals surface area contributed by atoms with Crippen LogP contribution in [0.4, 0.5) is 10.7 Å². The molecule has 2 N–H and O–H groups in total. The molecular formula is C21H23N5O. The molecule has 138 valence electrons. The molecule has 27 heavy (non-hydrogen) atoms. The molecule has 1 saturated heterocycles. The van der Waals surface area contributed by atoms with Crippen LogP contribution in [0.1, 0.15) is 6.92 Å². The van der Waals surface area contributed by atoms with Crippen molar-refractivity contribution >= 4 is 22.8 Å². The standard InChI is InChI=1S/C21H23N5O/c1-2-22-21(27)24-12-15-13-26(14-15)20-23-10-9-19(25-20)18-8-7-16-5-3-4-6-17(16)11-18/h3-11,15H,2,12-14H2,1H3,(H2,22,24,27). The second kappa shape index (κ2) is 7.61. The molecule has 1 aromatic heterocycles. The molecule has 0 atom stereocenters. The summed E-state index contributed by atoms with van der Waals surface area (Å²) in [6, 6.07) is 16.5. The first-order valence-corrected chi connectivity index (χ1v) is 9.32. The molecule has 0 aliphatic carbocycles. The van der Waals surface area contributed by atoms with Crippen LogP contribution < -0.4 is 15.5 Å². The predicted molar refractivity (Wildman–Crippen MR) is 108 cm³/mol. The van der Waals surface area contributed by atoms with E-state index in [9.17, 15) is 4.79 Å². The van der Waals surface area contributed by atoms with E-state index in [1.165, 1.54) is 10.8 Å². The Morgan fingerprint density at radius 2 is 1.93 bits per heavy atom. The number of urea groups is 1. The Balaban J connectivity index is 1.42. The van der Waals surface area contributed by atoms with Crippen molar-refractivity contribution in [1.29, 1.82) is 0 Å². The number of amides is 2. The molecule has 1 aliphatic rings. The summed E-state index contributed by atoms with van der Waals surface area (Å²) in [7, 11) is 0. The summed E-state index contributed by atoms with van der Waals surface area (Å²) < 4.78 is 0. The summed E-state index contributed by atoms with van der Waals surface area (Å²) >= 11 is 0. The Kier molecular flexibility index (Phi) is 4.87. The van der Waals surface area contributed by atoms with Crippen molar-refractivity contribution in [3.63, 3.8) is 0 Å². The molecule has 1 fully saturated rings. The highest BCUT2D eigenvalue weighted by atomic mass is 16.2. The lowest BCUT2D eigenvalue weighted by Crippen LogP contribution is -2.53. The number of anilines is 1. The number of hydrogen-bond donors (Lipinski definition) is 2. The maximum absolute atomic E-state index is 11.5. The lowest BCUT2D eigenvalue weighted by molar-refractivity contribution is 0.237. The van der Waals surface area contributed by atoms with E-state index in [0.29, 0.717) is 19.0 Å². The maximum Gasteiger partial charge on any atom is 0.314 e. The first-order valence-electron chi connectivity index (χ1n) is 9.32. The highest BCUT2D eigenvalue weighted by Crippen LogP contribution is 2.26. The molecular weight excluding hydrogens is 338 g/mol. The van der Waals surface area contributed by atoms with E-state index in [1.807, 2.05) is 31.3 Å². The van der Waals surface area contributed by atoms with E-state index >= 15 is 0 Å². The molecule has 0 spiro atoms. The predicted octanol–water partition coefficient (Wildman–Crippen LogP) is 3.05. The number of aromatic nitrogens is 2. The van der Waals surface area contributed by atoms with Crippen molar-refractivity contribution in [2.24, 2.45) is 5.92 Å². The van der Waals surface area contributed by atoms with E-state index in [2.05, 4.69) is 50.8 Å². The molecule has 0 unspecified atom stereocenters. The van der Waals surface area contributed by atoms with Gasteiger partial charge >= 0.3 is 6.03 Å². The second-order valence-electron chi connectivity index (χ2n) is 6.82. The lowest BCUT2D eigenvalue weighted by Gasteiger charge is -2.39. The van der Waals surface area contributed by atoms with Crippen molar-refractivity contribution in [3.8, 4) is 11.3 Å². The van der Waals surface area contributed by atoms with Crippen LogP contribution in [-0.2, 0) is 0 Å². The molecule has 0 bridgehead atoms. The SMILES string of the molecule is CCNC(=O)NCC1CN(c2nccc(-c3ccc4ccccc4c3)n2)C1. The van der Waals surface area contributed by atoms with E-state index in [1.54, 1.807) is 0 Å². The van der Waals surface area contributed by atoms with Gasteiger partial charge in [0.1, 0.15) is 0 Å². The highest BCUT2D eigenvalue weighted by molar-refractivity contribution is 5.86. The zero-order chi connectivity index (χ0) is 18.6. The van der Waals surface area contributed by atoms with Crippen molar-refractivity contribution in [2.75, 3.05) is 31.1 Å². The van der Waals surface area contributed by atoms with Gasteiger partial charge in [0.25, 0.3) is 0 Å².